The zero-order chi connectivity index (χ0) is 11.7. The van der Waals surface area contributed by atoms with Gasteiger partial charge in [0, 0.05) is 24.2 Å². The molecule has 2 rings (SSSR count). The van der Waals surface area contributed by atoms with E-state index in [1.54, 1.807) is 6.07 Å². The average molecular weight is 218 g/mol. The van der Waals surface area contributed by atoms with Crippen LogP contribution in [-0.2, 0) is 13.0 Å². The first kappa shape index (κ1) is 11.0. The summed E-state index contributed by atoms with van der Waals surface area (Å²) in [5.41, 5.74) is 8.04. The number of aromatic hydroxyl groups is 1. The second-order valence-electron chi connectivity index (χ2n) is 4.29. The summed E-state index contributed by atoms with van der Waals surface area (Å²) in [5.74, 6) is 0.348. The number of nitrogens with two attached hydrogens (primary N) is 1. The zero-order valence-electron chi connectivity index (χ0n) is 9.77. The molecule has 0 amide bonds. The molecule has 16 heavy (non-hydrogen) atoms. The third-order valence-electron chi connectivity index (χ3n) is 2.85. The molecule has 0 saturated heterocycles. The first-order valence-corrected chi connectivity index (χ1v) is 5.68. The van der Waals surface area contributed by atoms with Crippen molar-refractivity contribution in [3.63, 3.8) is 0 Å². The molecule has 1 aromatic heterocycles. The third kappa shape index (κ3) is 1.78. The molecule has 2 aromatic rings. The maximum atomic E-state index is 9.92. The van der Waals surface area contributed by atoms with Gasteiger partial charge in [-0.1, -0.05) is 6.07 Å². The number of benzene rings is 1. The molecule has 0 aliphatic carbocycles. The molecule has 3 nitrogen and oxygen atoms in total. The van der Waals surface area contributed by atoms with E-state index in [0.29, 0.717) is 5.75 Å². The summed E-state index contributed by atoms with van der Waals surface area (Å²) in [6.45, 7) is 4.98. The number of phenolic OH excluding ortho intramolecular Hbond substituents is 1. The Labute approximate surface area is 95.5 Å². The minimum atomic E-state index is 0.107. The van der Waals surface area contributed by atoms with Gasteiger partial charge in [-0.15, -0.1) is 0 Å². The molecule has 0 spiro atoms. The van der Waals surface area contributed by atoms with E-state index in [-0.39, 0.29) is 6.04 Å². The van der Waals surface area contributed by atoms with Crippen molar-refractivity contribution in [1.82, 2.24) is 4.57 Å². The molecule has 3 heteroatoms. The van der Waals surface area contributed by atoms with Gasteiger partial charge in [-0.25, -0.2) is 0 Å². The zero-order valence-corrected chi connectivity index (χ0v) is 9.77. The monoisotopic (exact) mass is 218 g/mol. The Morgan fingerprint density at radius 1 is 1.44 bits per heavy atom. The SMILES string of the molecule is CCn1cc(CC(C)N)c2c(O)cccc21. The van der Waals surface area contributed by atoms with Crippen LogP contribution in [-0.4, -0.2) is 15.7 Å². The van der Waals surface area contributed by atoms with Crippen LogP contribution in [0.4, 0.5) is 0 Å². The predicted octanol–water partition coefficient (Wildman–Crippen LogP) is 2.26. The Kier molecular flexibility index (Phi) is 2.88. The van der Waals surface area contributed by atoms with Gasteiger partial charge in [0.25, 0.3) is 0 Å². The Balaban J connectivity index is 2.64. The number of hydrogen-bond donors (Lipinski definition) is 2. The molecule has 86 valence electrons. The van der Waals surface area contributed by atoms with Gasteiger partial charge in [-0.05, 0) is 38.0 Å². The van der Waals surface area contributed by atoms with Gasteiger partial charge in [0.15, 0.2) is 0 Å². The highest BCUT2D eigenvalue weighted by Gasteiger charge is 2.12. The molecule has 0 aliphatic rings. The molecule has 0 fully saturated rings. The van der Waals surface area contributed by atoms with E-state index in [4.69, 9.17) is 5.73 Å². The molecule has 1 heterocycles. The average Bonchev–Trinajstić information content (AvgIpc) is 2.57. The van der Waals surface area contributed by atoms with Crippen molar-refractivity contribution in [1.29, 1.82) is 0 Å². The molecule has 0 saturated carbocycles. The Morgan fingerprint density at radius 3 is 2.81 bits per heavy atom. The minimum absolute atomic E-state index is 0.107. The summed E-state index contributed by atoms with van der Waals surface area (Å²) in [6.07, 6.45) is 2.88. The van der Waals surface area contributed by atoms with Gasteiger partial charge in [-0.3, -0.25) is 0 Å². The van der Waals surface area contributed by atoms with Crippen LogP contribution in [0.3, 0.4) is 0 Å². The van der Waals surface area contributed by atoms with Crippen molar-refractivity contribution in [2.45, 2.75) is 32.9 Å². The second-order valence-corrected chi connectivity index (χ2v) is 4.29. The number of aryl methyl sites for hydroxylation is 1. The molecule has 1 unspecified atom stereocenters. The summed E-state index contributed by atoms with van der Waals surface area (Å²) in [7, 11) is 0. The van der Waals surface area contributed by atoms with Gasteiger partial charge in [0.2, 0.25) is 0 Å². The Bertz CT molecular complexity index is 500. The molecule has 0 bridgehead atoms. The Hall–Kier alpha value is -1.48. The van der Waals surface area contributed by atoms with Crippen molar-refractivity contribution >= 4 is 10.9 Å². The van der Waals surface area contributed by atoms with E-state index in [9.17, 15) is 5.11 Å². The third-order valence-corrected chi connectivity index (χ3v) is 2.85. The number of nitrogens with zero attached hydrogens (tertiary/aromatic N) is 1. The van der Waals surface area contributed by atoms with Crippen LogP contribution in [0.25, 0.3) is 10.9 Å². The maximum Gasteiger partial charge on any atom is 0.125 e. The van der Waals surface area contributed by atoms with Crippen LogP contribution in [0.2, 0.25) is 0 Å². The molecule has 3 N–H and O–H groups in total. The largest absolute Gasteiger partial charge is 0.507 e. The van der Waals surface area contributed by atoms with E-state index in [2.05, 4.69) is 17.7 Å². The van der Waals surface area contributed by atoms with Crippen LogP contribution < -0.4 is 5.73 Å². The van der Waals surface area contributed by atoms with E-state index in [0.717, 1.165) is 29.4 Å². The first-order valence-electron chi connectivity index (χ1n) is 5.68. The predicted molar refractivity (Wildman–Crippen MR) is 66.6 cm³/mol. The highest BCUT2D eigenvalue weighted by atomic mass is 16.3. The van der Waals surface area contributed by atoms with Gasteiger partial charge in [-0.2, -0.15) is 0 Å². The van der Waals surface area contributed by atoms with Crippen molar-refractivity contribution in [2.75, 3.05) is 0 Å². The summed E-state index contributed by atoms with van der Waals surface area (Å²) < 4.78 is 2.15. The smallest absolute Gasteiger partial charge is 0.125 e. The number of aromatic nitrogens is 1. The molecule has 1 atom stereocenters. The normalized spacial score (nSPS) is 13.2. The van der Waals surface area contributed by atoms with Crippen molar-refractivity contribution in [2.24, 2.45) is 5.73 Å². The quantitative estimate of drug-likeness (QED) is 0.830. The minimum Gasteiger partial charge on any atom is -0.507 e. The van der Waals surface area contributed by atoms with Crippen LogP contribution in [0.15, 0.2) is 24.4 Å². The van der Waals surface area contributed by atoms with E-state index in [1.165, 1.54) is 0 Å². The summed E-state index contributed by atoms with van der Waals surface area (Å²) >= 11 is 0. The maximum absolute atomic E-state index is 9.92. The number of hydrogen-bond acceptors (Lipinski definition) is 2. The van der Waals surface area contributed by atoms with Crippen LogP contribution >= 0.6 is 0 Å². The standard InChI is InChI=1S/C13H18N2O/c1-3-15-8-10(7-9(2)14)13-11(15)5-4-6-12(13)16/h4-6,8-9,16H,3,7,14H2,1-2H3. The van der Waals surface area contributed by atoms with E-state index >= 15 is 0 Å². The molecule has 0 radical (unpaired) electrons. The fourth-order valence-electron chi connectivity index (χ4n) is 2.18. The molecule has 0 aliphatic heterocycles. The number of rotatable bonds is 3. The highest BCUT2D eigenvalue weighted by Crippen LogP contribution is 2.30. The lowest BCUT2D eigenvalue weighted by Crippen LogP contribution is -2.17. The van der Waals surface area contributed by atoms with Crippen LogP contribution in [0, 0.1) is 0 Å². The van der Waals surface area contributed by atoms with Crippen LogP contribution in [0.5, 0.6) is 5.75 Å². The van der Waals surface area contributed by atoms with Crippen LogP contribution in [0.1, 0.15) is 19.4 Å². The Morgan fingerprint density at radius 2 is 2.19 bits per heavy atom. The number of fused-ring (bicyclic) bond motifs is 1. The van der Waals surface area contributed by atoms with Gasteiger partial charge in [0.1, 0.15) is 5.75 Å². The lowest BCUT2D eigenvalue weighted by atomic mass is 10.1. The fourth-order valence-corrected chi connectivity index (χ4v) is 2.18. The number of phenols is 1. The molecular formula is C13H18N2O. The van der Waals surface area contributed by atoms with Gasteiger partial charge in [0.05, 0.1) is 5.52 Å². The van der Waals surface area contributed by atoms with Crippen molar-refractivity contribution in [3.8, 4) is 5.75 Å². The molecular weight excluding hydrogens is 200 g/mol. The fraction of sp³-hybridized carbons (Fsp3) is 0.385. The van der Waals surface area contributed by atoms with E-state index < -0.39 is 0 Å². The lowest BCUT2D eigenvalue weighted by molar-refractivity contribution is 0.481. The van der Waals surface area contributed by atoms with E-state index in [1.807, 2.05) is 19.1 Å². The van der Waals surface area contributed by atoms with Crippen molar-refractivity contribution in [3.05, 3.63) is 30.0 Å². The highest BCUT2D eigenvalue weighted by molar-refractivity contribution is 5.89. The summed E-state index contributed by atoms with van der Waals surface area (Å²) in [5, 5.41) is 10.9. The first-order chi connectivity index (χ1) is 7.63. The molecule has 1 aromatic carbocycles. The summed E-state index contributed by atoms with van der Waals surface area (Å²) in [6, 6.07) is 5.74. The topological polar surface area (TPSA) is 51.2 Å². The lowest BCUT2D eigenvalue weighted by Gasteiger charge is -2.03. The van der Waals surface area contributed by atoms with Gasteiger partial charge >= 0.3 is 0 Å². The summed E-state index contributed by atoms with van der Waals surface area (Å²) in [4.78, 5) is 0. The second kappa shape index (κ2) is 4.18. The van der Waals surface area contributed by atoms with Crippen molar-refractivity contribution < 1.29 is 5.11 Å². The van der Waals surface area contributed by atoms with Gasteiger partial charge < -0.3 is 15.4 Å².